The van der Waals surface area contributed by atoms with Gasteiger partial charge in [0.2, 0.25) is 0 Å². The molecule has 0 aliphatic heterocycles. The van der Waals surface area contributed by atoms with Gasteiger partial charge in [-0.3, -0.25) is 9.48 Å². The van der Waals surface area contributed by atoms with Crippen molar-refractivity contribution < 1.29 is 32.6 Å². The Hall–Kier alpha value is -3.37. The fourth-order valence-corrected chi connectivity index (χ4v) is 1.82. The molecule has 2 rings (SSSR count). The molecule has 138 valence electrons. The highest BCUT2D eigenvalue weighted by atomic mass is 19.4. The number of carbonyl (C=O) groups excluding carboxylic acids is 1. The van der Waals surface area contributed by atoms with Gasteiger partial charge in [0, 0.05) is 11.8 Å². The van der Waals surface area contributed by atoms with E-state index in [4.69, 9.17) is 9.84 Å². The molecule has 0 spiro atoms. The van der Waals surface area contributed by atoms with E-state index < -0.39 is 36.9 Å². The molecule has 8 nitrogen and oxygen atoms in total. The van der Waals surface area contributed by atoms with Crippen LogP contribution in [-0.2, 0) is 22.3 Å². The van der Waals surface area contributed by atoms with E-state index in [1.807, 2.05) is 0 Å². The topological polar surface area (TPSA) is 106 Å². The lowest BCUT2D eigenvalue weighted by Crippen LogP contribution is -2.23. The third kappa shape index (κ3) is 5.61. The second-order valence-electron chi connectivity index (χ2n) is 4.91. The largest absolute Gasteiger partial charge is 0.481 e. The molecule has 0 atom stereocenters. The number of alkyl halides is 3. The first-order valence-corrected chi connectivity index (χ1v) is 7.12. The number of amides is 1. The molecule has 0 aliphatic carbocycles. The van der Waals surface area contributed by atoms with Crippen LogP contribution in [0.4, 0.5) is 13.2 Å². The summed E-state index contributed by atoms with van der Waals surface area (Å²) in [6.07, 6.45) is -2.33. The van der Waals surface area contributed by atoms with Gasteiger partial charge in [0.05, 0.1) is 6.21 Å². The molecule has 0 unspecified atom stereocenters. The summed E-state index contributed by atoms with van der Waals surface area (Å²) in [6.45, 7) is -0.997. The number of carboxylic acids is 1. The zero-order valence-electron chi connectivity index (χ0n) is 13.1. The highest BCUT2D eigenvalue weighted by molar-refractivity contribution is 5.85. The van der Waals surface area contributed by atoms with E-state index in [9.17, 15) is 22.8 Å². The summed E-state index contributed by atoms with van der Waals surface area (Å²) in [5.74, 6) is -1.60. The van der Waals surface area contributed by atoms with Crippen LogP contribution in [0.3, 0.4) is 0 Å². The van der Waals surface area contributed by atoms with E-state index in [1.54, 1.807) is 18.2 Å². The summed E-state index contributed by atoms with van der Waals surface area (Å²) in [7, 11) is 0. The summed E-state index contributed by atoms with van der Waals surface area (Å²) in [5.41, 5.74) is 1.45. The van der Waals surface area contributed by atoms with Crippen molar-refractivity contribution >= 4 is 18.1 Å². The predicted octanol–water partition coefficient (Wildman–Crippen LogP) is 1.52. The number of para-hydroxylation sites is 1. The number of nitrogens with one attached hydrogen (secondary N) is 1. The Morgan fingerprint density at radius 1 is 1.31 bits per heavy atom. The molecule has 0 fully saturated rings. The van der Waals surface area contributed by atoms with Gasteiger partial charge in [-0.2, -0.15) is 23.4 Å². The van der Waals surface area contributed by atoms with Gasteiger partial charge in [0.15, 0.2) is 12.3 Å². The molecule has 1 heterocycles. The van der Waals surface area contributed by atoms with Gasteiger partial charge in [0.25, 0.3) is 5.91 Å². The smallest absolute Gasteiger partial charge is 0.435 e. The van der Waals surface area contributed by atoms with Crippen LogP contribution < -0.4 is 10.2 Å². The number of halogens is 3. The number of aromatic nitrogens is 2. The summed E-state index contributed by atoms with van der Waals surface area (Å²) in [6, 6.07) is 7.14. The second kappa shape index (κ2) is 8.14. The van der Waals surface area contributed by atoms with E-state index in [2.05, 4.69) is 15.6 Å². The van der Waals surface area contributed by atoms with Gasteiger partial charge in [0.1, 0.15) is 12.3 Å². The zero-order valence-corrected chi connectivity index (χ0v) is 13.1. The van der Waals surface area contributed by atoms with Crippen molar-refractivity contribution in [1.29, 1.82) is 0 Å². The lowest BCUT2D eigenvalue weighted by molar-refractivity contribution is -0.142. The molecule has 0 radical (unpaired) electrons. The Balaban J connectivity index is 1.93. The van der Waals surface area contributed by atoms with Crippen LogP contribution in [0.2, 0.25) is 0 Å². The van der Waals surface area contributed by atoms with E-state index in [0.29, 0.717) is 5.56 Å². The number of carbonyl (C=O) groups is 2. The van der Waals surface area contributed by atoms with Crippen LogP contribution in [-0.4, -0.2) is 39.6 Å². The first-order valence-electron chi connectivity index (χ1n) is 7.12. The Morgan fingerprint density at radius 2 is 2.04 bits per heavy atom. The summed E-state index contributed by atoms with van der Waals surface area (Å²) < 4.78 is 43.2. The van der Waals surface area contributed by atoms with Crippen molar-refractivity contribution in [2.45, 2.75) is 12.7 Å². The highest BCUT2D eigenvalue weighted by Gasteiger charge is 2.33. The van der Waals surface area contributed by atoms with E-state index in [1.165, 1.54) is 12.3 Å². The SMILES string of the molecule is O=C(O)COc1ccccc1/C=N\NC(=O)Cn1ccc(C(F)(F)F)n1. The molecule has 2 aromatic rings. The molecule has 1 amide bonds. The van der Waals surface area contributed by atoms with E-state index in [0.717, 1.165) is 16.9 Å². The van der Waals surface area contributed by atoms with Gasteiger partial charge >= 0.3 is 12.1 Å². The average molecular weight is 370 g/mol. The van der Waals surface area contributed by atoms with Gasteiger partial charge in [-0.15, -0.1) is 0 Å². The van der Waals surface area contributed by atoms with Crippen LogP contribution in [0, 0.1) is 0 Å². The molecule has 0 saturated carbocycles. The maximum Gasteiger partial charge on any atom is 0.435 e. The molecule has 0 bridgehead atoms. The third-order valence-electron chi connectivity index (χ3n) is 2.90. The molecule has 0 saturated heterocycles. The van der Waals surface area contributed by atoms with Gasteiger partial charge in [-0.05, 0) is 18.2 Å². The molecular formula is C15H13F3N4O4. The first-order chi connectivity index (χ1) is 12.3. The van der Waals surface area contributed by atoms with E-state index >= 15 is 0 Å². The highest BCUT2D eigenvalue weighted by Crippen LogP contribution is 2.27. The zero-order chi connectivity index (χ0) is 19.2. The minimum absolute atomic E-state index is 0.245. The maximum atomic E-state index is 12.4. The normalized spacial score (nSPS) is 11.5. The number of aliphatic carboxylic acids is 1. The van der Waals surface area contributed by atoms with Crippen LogP contribution in [0.25, 0.3) is 0 Å². The standard InChI is InChI=1S/C15H13F3N4O4/c16-15(17,18)12-5-6-22(21-12)8-13(23)20-19-7-10-3-1-2-4-11(10)26-9-14(24)25/h1-7H,8-9H2,(H,20,23)(H,24,25)/b19-7-. The predicted molar refractivity (Wildman–Crippen MR) is 82.5 cm³/mol. The average Bonchev–Trinajstić information content (AvgIpc) is 3.02. The van der Waals surface area contributed by atoms with Crippen LogP contribution in [0.1, 0.15) is 11.3 Å². The Kier molecular flexibility index (Phi) is 5.94. The number of ether oxygens (including phenoxy) is 1. The van der Waals surface area contributed by atoms with Crippen LogP contribution >= 0.6 is 0 Å². The van der Waals surface area contributed by atoms with Crippen molar-refractivity contribution in [3.63, 3.8) is 0 Å². The molecule has 26 heavy (non-hydrogen) atoms. The lowest BCUT2D eigenvalue weighted by Gasteiger charge is -2.06. The number of nitrogens with zero attached hydrogens (tertiary/aromatic N) is 3. The number of hydrogen-bond donors (Lipinski definition) is 2. The first kappa shape index (κ1) is 19.0. The van der Waals surface area contributed by atoms with Crippen LogP contribution in [0.5, 0.6) is 5.75 Å². The fourth-order valence-electron chi connectivity index (χ4n) is 1.82. The minimum Gasteiger partial charge on any atom is -0.481 e. The Morgan fingerprint density at radius 3 is 2.69 bits per heavy atom. The van der Waals surface area contributed by atoms with Gasteiger partial charge in [-0.1, -0.05) is 12.1 Å². The maximum absolute atomic E-state index is 12.4. The molecule has 0 aliphatic rings. The molecular weight excluding hydrogens is 357 g/mol. The second-order valence-corrected chi connectivity index (χ2v) is 4.91. The summed E-state index contributed by atoms with van der Waals surface area (Å²) in [4.78, 5) is 22.2. The number of benzene rings is 1. The van der Waals surface area contributed by atoms with Crippen LogP contribution in [0.15, 0.2) is 41.6 Å². The Labute approximate surface area is 144 Å². The van der Waals surface area contributed by atoms with Crippen molar-refractivity contribution in [3.05, 3.63) is 47.8 Å². The number of carboxylic acid groups (broad SMARTS) is 1. The number of rotatable bonds is 7. The van der Waals surface area contributed by atoms with Crippen molar-refractivity contribution in [3.8, 4) is 5.75 Å². The van der Waals surface area contributed by atoms with Crippen molar-refractivity contribution in [2.75, 3.05) is 6.61 Å². The number of hydrazone groups is 1. The number of hydrogen-bond acceptors (Lipinski definition) is 5. The van der Waals surface area contributed by atoms with Gasteiger partial charge in [-0.25, -0.2) is 10.2 Å². The molecule has 11 heteroatoms. The minimum atomic E-state index is -4.58. The quantitative estimate of drug-likeness (QED) is 0.568. The van der Waals surface area contributed by atoms with Gasteiger partial charge < -0.3 is 9.84 Å². The fraction of sp³-hybridized carbons (Fsp3) is 0.200. The Bertz CT molecular complexity index is 817. The molecule has 1 aromatic heterocycles. The lowest BCUT2D eigenvalue weighted by atomic mass is 10.2. The third-order valence-corrected chi connectivity index (χ3v) is 2.90. The van der Waals surface area contributed by atoms with Crippen molar-refractivity contribution in [1.82, 2.24) is 15.2 Å². The van der Waals surface area contributed by atoms with Crippen molar-refractivity contribution in [2.24, 2.45) is 5.10 Å². The van der Waals surface area contributed by atoms with E-state index in [-0.39, 0.29) is 5.75 Å². The molecule has 2 N–H and O–H groups in total. The summed E-state index contributed by atoms with van der Waals surface area (Å²) in [5, 5.41) is 15.5. The molecule has 1 aromatic carbocycles. The summed E-state index contributed by atoms with van der Waals surface area (Å²) >= 11 is 0. The monoisotopic (exact) mass is 370 g/mol.